The van der Waals surface area contributed by atoms with Crippen molar-refractivity contribution in [2.75, 3.05) is 0 Å². The van der Waals surface area contributed by atoms with Gasteiger partial charge in [0.15, 0.2) is 0 Å². The van der Waals surface area contributed by atoms with Gasteiger partial charge in [-0.25, -0.2) is 0 Å². The molecule has 0 unspecified atom stereocenters. The maximum atomic E-state index is 5.80. The van der Waals surface area contributed by atoms with Crippen LogP contribution in [0.15, 0.2) is 30.8 Å². The number of benzene rings is 1. The molecule has 0 spiro atoms. The van der Waals surface area contributed by atoms with Crippen molar-refractivity contribution in [3.05, 3.63) is 41.4 Å². The van der Waals surface area contributed by atoms with Gasteiger partial charge in [-0.05, 0) is 35.6 Å². The van der Waals surface area contributed by atoms with Gasteiger partial charge in [0.1, 0.15) is 0 Å². The third-order valence-electron chi connectivity index (χ3n) is 2.42. The van der Waals surface area contributed by atoms with Gasteiger partial charge in [-0.1, -0.05) is 44.2 Å². The van der Waals surface area contributed by atoms with Crippen LogP contribution in [0, 0.1) is 5.92 Å². The van der Waals surface area contributed by atoms with Crippen LogP contribution in [0.1, 0.15) is 25.8 Å². The van der Waals surface area contributed by atoms with Crippen LogP contribution in [0.2, 0.25) is 5.02 Å². The lowest BCUT2D eigenvalue weighted by molar-refractivity contribution is 0.719. The van der Waals surface area contributed by atoms with Crippen molar-refractivity contribution < 1.29 is 0 Å². The lowest BCUT2D eigenvalue weighted by Crippen LogP contribution is -1.95. The zero-order valence-electron chi connectivity index (χ0n) is 8.18. The van der Waals surface area contributed by atoms with E-state index in [0.717, 1.165) is 11.4 Å². The Morgan fingerprint density at radius 1 is 1.38 bits per heavy atom. The fourth-order valence-corrected chi connectivity index (χ4v) is 1.32. The van der Waals surface area contributed by atoms with Crippen molar-refractivity contribution in [2.24, 2.45) is 5.92 Å². The first kappa shape index (κ1) is 10.3. The molecule has 0 bridgehead atoms. The van der Waals surface area contributed by atoms with Crippen LogP contribution in [0.3, 0.4) is 0 Å². The van der Waals surface area contributed by atoms with E-state index in [4.69, 9.17) is 11.6 Å². The lowest BCUT2D eigenvalue weighted by Gasteiger charge is -2.12. The second-order valence-electron chi connectivity index (χ2n) is 3.34. The molecule has 1 aromatic carbocycles. The first-order valence-corrected chi connectivity index (χ1v) is 4.97. The Balaban J connectivity index is 2.83. The molecule has 1 aromatic rings. The first-order valence-electron chi connectivity index (χ1n) is 4.60. The van der Waals surface area contributed by atoms with E-state index in [2.05, 4.69) is 20.4 Å². The smallest absolute Gasteiger partial charge is 0.0406 e. The second-order valence-corrected chi connectivity index (χ2v) is 3.78. The highest BCUT2D eigenvalue weighted by Crippen LogP contribution is 2.24. The van der Waals surface area contributed by atoms with Gasteiger partial charge in [-0.3, -0.25) is 0 Å². The second kappa shape index (κ2) is 4.48. The third-order valence-corrected chi connectivity index (χ3v) is 2.67. The Labute approximate surface area is 85.2 Å². The van der Waals surface area contributed by atoms with E-state index in [1.165, 1.54) is 11.1 Å². The SMILES string of the molecule is C=C(c1ccc(Cl)cc1)[C@H](C)CC. The van der Waals surface area contributed by atoms with E-state index < -0.39 is 0 Å². The summed E-state index contributed by atoms with van der Waals surface area (Å²) in [6.45, 7) is 8.45. The summed E-state index contributed by atoms with van der Waals surface area (Å²) in [5, 5.41) is 0.778. The molecular weight excluding hydrogens is 180 g/mol. The Hall–Kier alpha value is -0.750. The van der Waals surface area contributed by atoms with Crippen LogP contribution in [0.5, 0.6) is 0 Å². The molecule has 0 aliphatic heterocycles. The molecule has 1 rings (SSSR count). The van der Waals surface area contributed by atoms with E-state index in [9.17, 15) is 0 Å². The summed E-state index contributed by atoms with van der Waals surface area (Å²) in [7, 11) is 0. The van der Waals surface area contributed by atoms with E-state index in [1.54, 1.807) is 0 Å². The molecule has 1 heteroatoms. The van der Waals surface area contributed by atoms with E-state index in [0.29, 0.717) is 5.92 Å². The summed E-state index contributed by atoms with van der Waals surface area (Å²) in [6.07, 6.45) is 1.13. The van der Waals surface area contributed by atoms with Crippen LogP contribution >= 0.6 is 11.6 Å². The summed E-state index contributed by atoms with van der Waals surface area (Å²) in [4.78, 5) is 0. The average molecular weight is 195 g/mol. The molecule has 13 heavy (non-hydrogen) atoms. The van der Waals surface area contributed by atoms with Crippen molar-refractivity contribution >= 4 is 17.2 Å². The molecule has 1 atom stereocenters. The van der Waals surface area contributed by atoms with Crippen molar-refractivity contribution in [3.63, 3.8) is 0 Å². The molecule has 70 valence electrons. The molecule has 0 heterocycles. The number of allylic oxidation sites excluding steroid dienone is 1. The number of hydrogen-bond donors (Lipinski definition) is 0. The molecule has 0 aliphatic rings. The summed E-state index contributed by atoms with van der Waals surface area (Å²) in [5.41, 5.74) is 2.39. The van der Waals surface area contributed by atoms with Crippen molar-refractivity contribution in [1.82, 2.24) is 0 Å². The maximum Gasteiger partial charge on any atom is 0.0406 e. The molecule has 0 nitrogen and oxygen atoms in total. The molecular formula is C12H15Cl. The minimum absolute atomic E-state index is 0.543. The van der Waals surface area contributed by atoms with Gasteiger partial charge in [0, 0.05) is 5.02 Å². The predicted octanol–water partition coefficient (Wildman–Crippen LogP) is 4.40. The maximum absolute atomic E-state index is 5.80. The number of hydrogen-bond acceptors (Lipinski definition) is 0. The highest BCUT2D eigenvalue weighted by molar-refractivity contribution is 6.30. The summed E-state index contributed by atoms with van der Waals surface area (Å²) in [5.74, 6) is 0.543. The summed E-state index contributed by atoms with van der Waals surface area (Å²) in [6, 6.07) is 7.86. The molecule has 0 radical (unpaired) electrons. The minimum atomic E-state index is 0.543. The Morgan fingerprint density at radius 3 is 2.38 bits per heavy atom. The van der Waals surface area contributed by atoms with Gasteiger partial charge < -0.3 is 0 Å². The monoisotopic (exact) mass is 194 g/mol. The molecule has 0 N–H and O–H groups in total. The zero-order valence-corrected chi connectivity index (χ0v) is 8.93. The van der Waals surface area contributed by atoms with Crippen LogP contribution in [-0.2, 0) is 0 Å². The number of rotatable bonds is 3. The molecule has 0 saturated carbocycles. The van der Waals surface area contributed by atoms with Gasteiger partial charge in [0.05, 0.1) is 0 Å². The fraction of sp³-hybridized carbons (Fsp3) is 0.333. The molecule has 0 aromatic heterocycles. The summed E-state index contributed by atoms with van der Waals surface area (Å²) >= 11 is 5.80. The van der Waals surface area contributed by atoms with Gasteiger partial charge in [-0.15, -0.1) is 0 Å². The molecule has 0 saturated heterocycles. The fourth-order valence-electron chi connectivity index (χ4n) is 1.19. The van der Waals surface area contributed by atoms with Gasteiger partial charge >= 0.3 is 0 Å². The largest absolute Gasteiger partial charge is 0.0950 e. The molecule has 0 amide bonds. The van der Waals surface area contributed by atoms with Crippen LogP contribution < -0.4 is 0 Å². The summed E-state index contributed by atoms with van der Waals surface area (Å²) < 4.78 is 0. The lowest BCUT2D eigenvalue weighted by atomic mass is 9.94. The van der Waals surface area contributed by atoms with Crippen LogP contribution in [0.25, 0.3) is 5.57 Å². The quantitative estimate of drug-likeness (QED) is 0.669. The molecule has 0 fully saturated rings. The van der Waals surface area contributed by atoms with Crippen molar-refractivity contribution in [1.29, 1.82) is 0 Å². The molecule has 0 aliphatic carbocycles. The standard InChI is InChI=1S/C12H15Cl/c1-4-9(2)10(3)11-5-7-12(13)8-6-11/h5-9H,3-4H2,1-2H3/t9-/m1/s1. The Kier molecular flexibility index (Phi) is 3.56. The van der Waals surface area contributed by atoms with E-state index >= 15 is 0 Å². The van der Waals surface area contributed by atoms with Gasteiger partial charge in [0.25, 0.3) is 0 Å². The van der Waals surface area contributed by atoms with E-state index in [1.807, 2.05) is 24.3 Å². The predicted molar refractivity (Wildman–Crippen MR) is 59.9 cm³/mol. The normalized spacial score (nSPS) is 12.5. The first-order chi connectivity index (χ1) is 6.15. The number of halogens is 1. The Bertz CT molecular complexity index is 284. The minimum Gasteiger partial charge on any atom is -0.0950 e. The highest BCUT2D eigenvalue weighted by Gasteiger charge is 2.05. The van der Waals surface area contributed by atoms with Crippen LogP contribution in [-0.4, -0.2) is 0 Å². The highest BCUT2D eigenvalue weighted by atomic mass is 35.5. The van der Waals surface area contributed by atoms with Gasteiger partial charge in [0.2, 0.25) is 0 Å². The van der Waals surface area contributed by atoms with Crippen molar-refractivity contribution in [3.8, 4) is 0 Å². The topological polar surface area (TPSA) is 0 Å². The zero-order chi connectivity index (χ0) is 9.84. The van der Waals surface area contributed by atoms with E-state index in [-0.39, 0.29) is 0 Å². The van der Waals surface area contributed by atoms with Crippen LogP contribution in [0.4, 0.5) is 0 Å². The third kappa shape index (κ3) is 2.60. The van der Waals surface area contributed by atoms with Crippen molar-refractivity contribution in [2.45, 2.75) is 20.3 Å². The van der Waals surface area contributed by atoms with Gasteiger partial charge in [-0.2, -0.15) is 0 Å². The Morgan fingerprint density at radius 2 is 1.92 bits per heavy atom. The average Bonchev–Trinajstić information content (AvgIpc) is 2.17.